The van der Waals surface area contributed by atoms with Gasteiger partial charge in [0.2, 0.25) is 0 Å². The molecule has 1 aliphatic carbocycles. The normalized spacial score (nSPS) is 18.4. The number of hydrogen-bond donors (Lipinski definition) is 0. The molecule has 4 heteroatoms. The van der Waals surface area contributed by atoms with Gasteiger partial charge in [0.25, 0.3) is 0 Å². The number of carbonyl (C=O) groups is 1. The van der Waals surface area contributed by atoms with Crippen LogP contribution in [0.5, 0.6) is 0 Å². The Morgan fingerprint density at radius 1 is 1.44 bits per heavy atom. The largest absolute Gasteiger partial charge is 0.383 e. The van der Waals surface area contributed by atoms with Crippen LogP contribution in [0.3, 0.4) is 0 Å². The zero-order valence-electron chi connectivity index (χ0n) is 10.0. The van der Waals surface area contributed by atoms with Crippen LogP contribution in [-0.2, 0) is 18.3 Å². The quantitative estimate of drug-likeness (QED) is 0.526. The fourth-order valence-corrected chi connectivity index (χ4v) is 2.09. The van der Waals surface area contributed by atoms with Crippen molar-refractivity contribution in [2.24, 2.45) is 7.05 Å². The van der Waals surface area contributed by atoms with Crippen molar-refractivity contribution in [2.75, 3.05) is 14.1 Å². The van der Waals surface area contributed by atoms with E-state index in [1.165, 1.54) is 5.69 Å². The van der Waals surface area contributed by atoms with Crippen LogP contribution < -0.4 is 0 Å². The molecule has 0 fully saturated rings. The fraction of sp³-hybridized carbons (Fsp3) is 0.500. The fourth-order valence-electron chi connectivity index (χ4n) is 2.09. The Morgan fingerprint density at radius 2 is 2.19 bits per heavy atom. The molecule has 0 spiro atoms. The van der Waals surface area contributed by atoms with Crippen molar-refractivity contribution in [3.63, 3.8) is 0 Å². The molecule has 1 aliphatic rings. The molecule has 4 nitrogen and oxygen atoms in total. The minimum atomic E-state index is 0.223. The summed E-state index contributed by atoms with van der Waals surface area (Å²) in [5.74, 6) is 0.223. The highest BCUT2D eigenvalue weighted by Gasteiger charge is 2.22. The molecular formula is C12H17N3O. The predicted octanol–water partition coefficient (Wildman–Crippen LogP) is 1.23. The highest BCUT2D eigenvalue weighted by atomic mass is 16.1. The summed E-state index contributed by atoms with van der Waals surface area (Å²) in [6.07, 6.45) is 6.18. The monoisotopic (exact) mass is 219 g/mol. The number of fused-ring (bicyclic) bond motifs is 1. The van der Waals surface area contributed by atoms with Crippen molar-refractivity contribution in [3.8, 4) is 0 Å². The van der Waals surface area contributed by atoms with Crippen molar-refractivity contribution in [3.05, 3.63) is 23.7 Å². The topological polar surface area (TPSA) is 38.1 Å². The first-order chi connectivity index (χ1) is 7.59. The van der Waals surface area contributed by atoms with E-state index in [-0.39, 0.29) is 5.78 Å². The molecule has 1 aromatic heterocycles. The Hall–Kier alpha value is -1.58. The molecule has 2 rings (SSSR count). The summed E-state index contributed by atoms with van der Waals surface area (Å²) in [6.45, 7) is 0. The number of hydrogen-bond acceptors (Lipinski definition) is 3. The van der Waals surface area contributed by atoms with E-state index in [0.29, 0.717) is 6.42 Å². The van der Waals surface area contributed by atoms with Gasteiger partial charge in [0.15, 0.2) is 5.78 Å². The SMILES string of the molecule is CN(C)C=C1C(=O)CCCc2c1cnn2C. The molecule has 0 N–H and O–H groups in total. The van der Waals surface area contributed by atoms with E-state index in [1.807, 2.05) is 36.9 Å². The molecule has 0 saturated carbocycles. The zero-order chi connectivity index (χ0) is 11.7. The second-order valence-corrected chi connectivity index (χ2v) is 4.41. The van der Waals surface area contributed by atoms with Gasteiger partial charge in [-0.2, -0.15) is 5.10 Å². The second kappa shape index (κ2) is 4.12. The average Bonchev–Trinajstić information content (AvgIpc) is 2.49. The molecule has 0 aliphatic heterocycles. The number of ketones is 1. The molecule has 0 saturated heterocycles. The first-order valence-electron chi connectivity index (χ1n) is 5.52. The van der Waals surface area contributed by atoms with Gasteiger partial charge in [-0.3, -0.25) is 9.48 Å². The lowest BCUT2D eigenvalue weighted by Gasteiger charge is -2.09. The van der Waals surface area contributed by atoms with Gasteiger partial charge in [-0.1, -0.05) is 0 Å². The van der Waals surface area contributed by atoms with E-state index in [4.69, 9.17) is 0 Å². The minimum Gasteiger partial charge on any atom is -0.383 e. The van der Waals surface area contributed by atoms with Crippen molar-refractivity contribution in [1.82, 2.24) is 14.7 Å². The van der Waals surface area contributed by atoms with E-state index < -0.39 is 0 Å². The van der Waals surface area contributed by atoms with Gasteiger partial charge in [-0.15, -0.1) is 0 Å². The number of carbonyl (C=O) groups excluding carboxylic acids is 1. The van der Waals surface area contributed by atoms with Crippen molar-refractivity contribution in [2.45, 2.75) is 19.3 Å². The van der Waals surface area contributed by atoms with Crippen LogP contribution in [0.4, 0.5) is 0 Å². The number of aromatic nitrogens is 2. The maximum Gasteiger partial charge on any atom is 0.165 e. The maximum absolute atomic E-state index is 12.0. The Balaban J connectivity index is 2.53. The molecule has 1 aromatic rings. The van der Waals surface area contributed by atoms with Crippen LogP contribution >= 0.6 is 0 Å². The number of aryl methyl sites for hydroxylation is 1. The molecule has 0 atom stereocenters. The molecule has 0 aromatic carbocycles. The van der Waals surface area contributed by atoms with Crippen LogP contribution in [0.15, 0.2) is 12.4 Å². The summed E-state index contributed by atoms with van der Waals surface area (Å²) in [6, 6.07) is 0. The Kier molecular flexibility index (Phi) is 2.81. The van der Waals surface area contributed by atoms with Gasteiger partial charge < -0.3 is 4.90 Å². The van der Waals surface area contributed by atoms with Gasteiger partial charge in [0.1, 0.15) is 0 Å². The molecule has 0 radical (unpaired) electrons. The van der Waals surface area contributed by atoms with Crippen molar-refractivity contribution in [1.29, 1.82) is 0 Å². The second-order valence-electron chi connectivity index (χ2n) is 4.41. The van der Waals surface area contributed by atoms with Gasteiger partial charge in [-0.05, 0) is 12.8 Å². The third kappa shape index (κ3) is 1.87. The highest BCUT2D eigenvalue weighted by molar-refractivity contribution is 6.21. The van der Waals surface area contributed by atoms with E-state index >= 15 is 0 Å². The van der Waals surface area contributed by atoms with Gasteiger partial charge >= 0.3 is 0 Å². The molecule has 0 bridgehead atoms. The molecule has 0 unspecified atom stereocenters. The molecule has 0 amide bonds. The van der Waals surface area contributed by atoms with Crippen LogP contribution in [0.25, 0.3) is 5.57 Å². The summed E-state index contributed by atoms with van der Waals surface area (Å²) >= 11 is 0. The first-order valence-corrected chi connectivity index (χ1v) is 5.52. The lowest BCUT2D eigenvalue weighted by Crippen LogP contribution is -2.07. The maximum atomic E-state index is 12.0. The number of nitrogens with zero attached hydrogens (tertiary/aromatic N) is 3. The molecular weight excluding hydrogens is 202 g/mol. The van der Waals surface area contributed by atoms with Crippen molar-refractivity contribution >= 4 is 11.4 Å². The van der Waals surface area contributed by atoms with Crippen LogP contribution in [0.2, 0.25) is 0 Å². The zero-order valence-corrected chi connectivity index (χ0v) is 10.0. The summed E-state index contributed by atoms with van der Waals surface area (Å²) in [7, 11) is 5.80. The van der Waals surface area contributed by atoms with Gasteiger partial charge in [0, 0.05) is 50.6 Å². The molecule has 16 heavy (non-hydrogen) atoms. The van der Waals surface area contributed by atoms with E-state index in [0.717, 1.165) is 24.0 Å². The van der Waals surface area contributed by atoms with Crippen molar-refractivity contribution < 1.29 is 4.79 Å². The standard InChI is InChI=1S/C12H17N3O/c1-14(2)8-10-9-7-13-15(3)11(9)5-4-6-12(10)16/h7-8H,4-6H2,1-3H3. The predicted molar refractivity (Wildman–Crippen MR) is 62.8 cm³/mol. The van der Waals surface area contributed by atoms with E-state index in [1.54, 1.807) is 6.20 Å². The van der Waals surface area contributed by atoms with Crippen LogP contribution in [-0.4, -0.2) is 34.6 Å². The number of rotatable bonds is 1. The molecule has 86 valence electrons. The lowest BCUT2D eigenvalue weighted by molar-refractivity contribution is -0.113. The molecule has 1 heterocycles. The Morgan fingerprint density at radius 3 is 2.88 bits per heavy atom. The third-order valence-electron chi connectivity index (χ3n) is 2.86. The van der Waals surface area contributed by atoms with E-state index in [2.05, 4.69) is 5.10 Å². The van der Waals surface area contributed by atoms with Gasteiger partial charge in [0.05, 0.1) is 6.20 Å². The summed E-state index contributed by atoms with van der Waals surface area (Å²) in [5.41, 5.74) is 2.96. The third-order valence-corrected chi connectivity index (χ3v) is 2.86. The van der Waals surface area contributed by atoms with Crippen LogP contribution in [0.1, 0.15) is 24.1 Å². The average molecular weight is 219 g/mol. The Bertz CT molecular complexity index is 443. The summed E-state index contributed by atoms with van der Waals surface area (Å²) in [4.78, 5) is 13.9. The van der Waals surface area contributed by atoms with E-state index in [9.17, 15) is 4.79 Å². The minimum absolute atomic E-state index is 0.223. The Labute approximate surface area is 95.5 Å². The highest BCUT2D eigenvalue weighted by Crippen LogP contribution is 2.26. The summed E-state index contributed by atoms with van der Waals surface area (Å²) in [5, 5.41) is 4.24. The number of Topliss-reactive ketones (excluding diaryl/α,β-unsaturated/α-hetero) is 1. The van der Waals surface area contributed by atoms with Crippen LogP contribution in [0, 0.1) is 0 Å². The first kappa shape index (κ1) is 10.9. The lowest BCUT2D eigenvalue weighted by atomic mass is 10.0. The smallest absolute Gasteiger partial charge is 0.165 e. The van der Waals surface area contributed by atoms with Gasteiger partial charge in [-0.25, -0.2) is 0 Å². The number of allylic oxidation sites excluding steroid dienone is 1. The summed E-state index contributed by atoms with van der Waals surface area (Å²) < 4.78 is 1.87.